The van der Waals surface area contributed by atoms with E-state index in [1.54, 1.807) is 0 Å². The molecule has 8 heteroatoms. The number of hydrogen-bond donors (Lipinski definition) is 0. The standard InChI is InChI=1S/Mo.2Na.4H2O.Ru/h;;;4*1H2;/q;2*+1;;;;;/p-2. The van der Waals surface area contributed by atoms with Gasteiger partial charge in [0.05, 0.1) is 0 Å². The Labute approximate surface area is 119 Å². The fraction of sp³-hybridized carbons (Fsp3) is 0. The van der Waals surface area contributed by atoms with Crippen molar-refractivity contribution in [2.24, 2.45) is 0 Å². The summed E-state index contributed by atoms with van der Waals surface area (Å²) in [6, 6.07) is 0. The average molecular weight is 313 g/mol. The van der Waals surface area contributed by atoms with Crippen molar-refractivity contribution < 1.29 is 122 Å². The topological polar surface area (TPSA) is 123 Å². The molecule has 0 amide bonds. The molecule has 0 aromatic heterocycles. The third-order valence-electron chi connectivity index (χ3n) is 0. The van der Waals surface area contributed by atoms with Crippen molar-refractivity contribution >= 4 is 0 Å². The third kappa shape index (κ3) is 61.2. The summed E-state index contributed by atoms with van der Waals surface area (Å²) in [6.45, 7) is 0. The Morgan fingerprint density at radius 2 is 0.625 bits per heavy atom. The molecule has 0 aromatic rings. The van der Waals surface area contributed by atoms with Gasteiger partial charge in [-0.05, 0) is 0 Å². The molecule has 4 nitrogen and oxygen atoms in total. The zero-order chi connectivity index (χ0) is 0. The van der Waals surface area contributed by atoms with E-state index in [4.69, 9.17) is 0 Å². The summed E-state index contributed by atoms with van der Waals surface area (Å²) in [5.74, 6) is 0. The van der Waals surface area contributed by atoms with Gasteiger partial charge in [-0.15, -0.1) is 0 Å². The van der Waals surface area contributed by atoms with Crippen LogP contribution in [0.4, 0.5) is 0 Å². The van der Waals surface area contributed by atoms with Crippen LogP contribution in [0.5, 0.6) is 0 Å². The molecule has 0 aliphatic rings. The first kappa shape index (κ1) is 116. The molecule has 0 bridgehead atoms. The average Bonchev–Trinajstić information content (AvgIpc) is 0. The maximum Gasteiger partial charge on any atom is 1.00 e. The van der Waals surface area contributed by atoms with E-state index in [1.165, 1.54) is 0 Å². The summed E-state index contributed by atoms with van der Waals surface area (Å²) in [5, 5.41) is 0. The molecule has 0 aromatic carbocycles. The normalized spacial score (nSPS) is 0. The Hall–Kier alpha value is 3.15. The molecule has 0 rings (SSSR count). The second-order valence-electron chi connectivity index (χ2n) is 0. The van der Waals surface area contributed by atoms with Gasteiger partial charge >= 0.3 is 59.1 Å². The van der Waals surface area contributed by atoms with E-state index >= 15 is 0 Å². The predicted octanol–water partition coefficient (Wildman–Crippen LogP) is -8.00. The molecule has 0 atom stereocenters. The van der Waals surface area contributed by atoms with E-state index in [0.29, 0.717) is 0 Å². The first-order chi connectivity index (χ1) is 0. The SMILES string of the molecule is O.O.[Mo].[Na+].[Na+].[OH-].[OH-].[Ru]. The summed E-state index contributed by atoms with van der Waals surface area (Å²) >= 11 is 0. The third-order valence-corrected chi connectivity index (χ3v) is 0. The van der Waals surface area contributed by atoms with Gasteiger partial charge in [-0.2, -0.15) is 0 Å². The summed E-state index contributed by atoms with van der Waals surface area (Å²) < 4.78 is 0. The van der Waals surface area contributed by atoms with E-state index in [0.717, 1.165) is 0 Å². The van der Waals surface area contributed by atoms with Crippen LogP contribution in [0.25, 0.3) is 0 Å². The Bertz CT molecular complexity index is 14.0. The molecule has 0 aliphatic heterocycles. The van der Waals surface area contributed by atoms with Crippen LogP contribution in [0.3, 0.4) is 0 Å². The van der Waals surface area contributed by atoms with Gasteiger partial charge in [-0.1, -0.05) is 0 Å². The second kappa shape index (κ2) is 85.6. The van der Waals surface area contributed by atoms with Gasteiger partial charge in [0.15, 0.2) is 0 Å². The van der Waals surface area contributed by atoms with E-state index in [1.807, 2.05) is 0 Å². The smallest absolute Gasteiger partial charge is 0.870 e. The zero-order valence-corrected chi connectivity index (χ0v) is 12.4. The molecule has 8 heavy (non-hydrogen) atoms. The van der Waals surface area contributed by atoms with Gasteiger partial charge in [0.25, 0.3) is 0 Å². The fourth-order valence-electron chi connectivity index (χ4n) is 0. The van der Waals surface area contributed by atoms with Crippen molar-refractivity contribution in [3.63, 3.8) is 0 Å². The van der Waals surface area contributed by atoms with Gasteiger partial charge in [0, 0.05) is 40.5 Å². The largest absolute Gasteiger partial charge is 1.00 e. The monoisotopic (exact) mass is 316 g/mol. The fourth-order valence-corrected chi connectivity index (χ4v) is 0. The molecule has 6 N–H and O–H groups in total. The van der Waals surface area contributed by atoms with Gasteiger partial charge in [-0.3, -0.25) is 0 Å². The van der Waals surface area contributed by atoms with Crippen molar-refractivity contribution in [1.29, 1.82) is 0 Å². The van der Waals surface area contributed by atoms with Crippen LogP contribution in [0.2, 0.25) is 0 Å². The maximum atomic E-state index is 0. The minimum atomic E-state index is 0. The number of rotatable bonds is 0. The van der Waals surface area contributed by atoms with Crippen LogP contribution in [0, 0.1) is 0 Å². The van der Waals surface area contributed by atoms with Gasteiger partial charge in [0.1, 0.15) is 0 Å². The van der Waals surface area contributed by atoms with Crippen molar-refractivity contribution in [3.8, 4) is 0 Å². The van der Waals surface area contributed by atoms with E-state index < -0.39 is 0 Å². The van der Waals surface area contributed by atoms with Crippen molar-refractivity contribution in [3.05, 3.63) is 0 Å². The van der Waals surface area contributed by atoms with Gasteiger partial charge in [0.2, 0.25) is 0 Å². The second-order valence-corrected chi connectivity index (χ2v) is 0. The van der Waals surface area contributed by atoms with Crippen LogP contribution in [0.1, 0.15) is 0 Å². The van der Waals surface area contributed by atoms with Crippen LogP contribution in [0.15, 0.2) is 0 Å². The van der Waals surface area contributed by atoms with Crippen molar-refractivity contribution in [2.75, 3.05) is 0 Å². The summed E-state index contributed by atoms with van der Waals surface area (Å²) in [4.78, 5) is 0. The van der Waals surface area contributed by atoms with Crippen molar-refractivity contribution in [1.82, 2.24) is 0 Å². The minimum absolute atomic E-state index is 0. The molecular formula is H6MoNa2O4Ru. The van der Waals surface area contributed by atoms with Crippen molar-refractivity contribution in [2.45, 2.75) is 0 Å². The molecule has 0 saturated carbocycles. The zero-order valence-electron chi connectivity index (χ0n) is 4.66. The van der Waals surface area contributed by atoms with E-state index in [9.17, 15) is 0 Å². The van der Waals surface area contributed by atoms with E-state index in [-0.39, 0.29) is 122 Å². The quantitative estimate of drug-likeness (QED) is 0.412. The Morgan fingerprint density at radius 1 is 0.625 bits per heavy atom. The molecule has 46 valence electrons. The first-order valence-corrected chi connectivity index (χ1v) is 0. The minimum Gasteiger partial charge on any atom is -0.870 e. The molecule has 0 heterocycles. The molecule has 0 fully saturated rings. The molecule has 0 aliphatic carbocycles. The predicted molar refractivity (Wildman–Crippen MR) is 11.1 cm³/mol. The Balaban J connectivity index is 0. The summed E-state index contributed by atoms with van der Waals surface area (Å²) in [7, 11) is 0. The summed E-state index contributed by atoms with van der Waals surface area (Å²) in [6.07, 6.45) is 0. The molecule has 0 saturated heterocycles. The molecule has 0 unspecified atom stereocenters. The van der Waals surface area contributed by atoms with E-state index in [2.05, 4.69) is 0 Å². The van der Waals surface area contributed by atoms with Gasteiger partial charge in [-0.25, -0.2) is 0 Å². The summed E-state index contributed by atoms with van der Waals surface area (Å²) in [5.41, 5.74) is 0. The Kier molecular flexibility index (Phi) is 1240. The maximum absolute atomic E-state index is 0. The van der Waals surface area contributed by atoms with Crippen LogP contribution >= 0.6 is 0 Å². The first-order valence-electron chi connectivity index (χ1n) is 0. The van der Waals surface area contributed by atoms with Crippen LogP contribution < -0.4 is 59.1 Å². The number of hydrogen-bond acceptors (Lipinski definition) is 2. The Morgan fingerprint density at radius 3 is 0.625 bits per heavy atom. The molecule has 0 radical (unpaired) electrons. The van der Waals surface area contributed by atoms with Crippen LogP contribution in [-0.4, -0.2) is 21.9 Å². The molecular weight excluding hydrogens is 307 g/mol. The van der Waals surface area contributed by atoms with Crippen LogP contribution in [-0.2, 0) is 40.5 Å². The molecule has 0 spiro atoms. The van der Waals surface area contributed by atoms with Gasteiger partial charge < -0.3 is 21.9 Å².